The average Bonchev–Trinajstić information content (AvgIpc) is 3.48. The number of ether oxygens (including phenoxy) is 3. The number of nitrogens with zero attached hydrogens (tertiary/aromatic N) is 3. The van der Waals surface area contributed by atoms with Crippen molar-refractivity contribution in [2.45, 2.75) is 52.8 Å². The fraction of sp³-hybridized carbons (Fsp3) is 0.519. The van der Waals surface area contributed by atoms with Crippen molar-refractivity contribution in [1.29, 1.82) is 0 Å². The van der Waals surface area contributed by atoms with Gasteiger partial charge in [-0.15, -0.1) is 0 Å². The van der Waals surface area contributed by atoms with E-state index in [1.807, 2.05) is 51.2 Å². The van der Waals surface area contributed by atoms with Crippen LogP contribution < -0.4 is 15.6 Å². The molecule has 0 radical (unpaired) electrons. The number of nitrogens with one attached hydrogen (secondary N) is 1. The molecule has 3 heterocycles. The van der Waals surface area contributed by atoms with Crippen molar-refractivity contribution in [3.05, 3.63) is 46.4 Å². The normalized spacial score (nSPS) is 16.6. The molecule has 36 heavy (non-hydrogen) atoms. The number of benzene rings is 1. The smallest absolute Gasteiger partial charge is 0.323 e. The molecule has 0 aliphatic carbocycles. The van der Waals surface area contributed by atoms with Crippen molar-refractivity contribution >= 4 is 17.0 Å². The first-order valence-corrected chi connectivity index (χ1v) is 12.6. The van der Waals surface area contributed by atoms with Crippen LogP contribution in [0.3, 0.4) is 0 Å². The Kier molecular flexibility index (Phi) is 8.11. The van der Waals surface area contributed by atoms with Gasteiger partial charge in [-0.05, 0) is 38.0 Å². The highest BCUT2D eigenvalue weighted by molar-refractivity contribution is 5.82. The first-order chi connectivity index (χ1) is 17.3. The summed E-state index contributed by atoms with van der Waals surface area (Å²) in [5, 5.41) is 3.27. The molecule has 1 fully saturated rings. The molecule has 1 aliphatic rings. The quantitative estimate of drug-likeness (QED) is 0.340. The van der Waals surface area contributed by atoms with Gasteiger partial charge in [0, 0.05) is 49.9 Å². The molecule has 2 atom stereocenters. The standard InChI is InChI=1S/C27H36N4O5/c1-6-31-23-8-7-20(14-22(23)29-25(31)19-13-18(4)26(32)30(5)15-19)35-12-10-28-24(17(2)3)27(33)36-21-9-11-34-16-21/h7-8,13-15,17,21,24,28H,6,9-12,16H2,1-5H3/t21-,24-/m0/s1. The summed E-state index contributed by atoms with van der Waals surface area (Å²) >= 11 is 0. The van der Waals surface area contributed by atoms with Crippen molar-refractivity contribution in [3.63, 3.8) is 0 Å². The number of rotatable bonds is 10. The Morgan fingerprint density at radius 1 is 1.31 bits per heavy atom. The van der Waals surface area contributed by atoms with Crippen LogP contribution in [-0.2, 0) is 27.9 Å². The number of aromatic nitrogens is 3. The average molecular weight is 497 g/mol. The third-order valence-electron chi connectivity index (χ3n) is 6.48. The Hall–Kier alpha value is -3.17. The molecule has 0 saturated carbocycles. The lowest BCUT2D eigenvalue weighted by molar-refractivity contribution is -0.152. The van der Waals surface area contributed by atoms with Crippen LogP contribution in [0.1, 0.15) is 32.8 Å². The highest BCUT2D eigenvalue weighted by Crippen LogP contribution is 2.27. The second-order valence-electron chi connectivity index (χ2n) is 9.60. The Labute approximate surface area is 211 Å². The van der Waals surface area contributed by atoms with Gasteiger partial charge in [-0.2, -0.15) is 0 Å². The summed E-state index contributed by atoms with van der Waals surface area (Å²) < 4.78 is 20.6. The summed E-state index contributed by atoms with van der Waals surface area (Å²) in [5.41, 5.74) is 3.40. The first-order valence-electron chi connectivity index (χ1n) is 12.6. The molecule has 0 amide bonds. The minimum Gasteiger partial charge on any atom is -0.492 e. The van der Waals surface area contributed by atoms with E-state index in [2.05, 4.69) is 16.8 Å². The third kappa shape index (κ3) is 5.63. The summed E-state index contributed by atoms with van der Waals surface area (Å²) in [6, 6.07) is 7.35. The maximum atomic E-state index is 12.6. The molecule has 3 aromatic rings. The van der Waals surface area contributed by atoms with Gasteiger partial charge in [-0.25, -0.2) is 4.98 Å². The number of fused-ring (bicyclic) bond motifs is 1. The van der Waals surface area contributed by atoms with Gasteiger partial charge in [0.2, 0.25) is 0 Å². The second kappa shape index (κ2) is 11.3. The Balaban J connectivity index is 1.42. The molecular weight excluding hydrogens is 460 g/mol. The molecule has 2 aromatic heterocycles. The number of hydrogen-bond acceptors (Lipinski definition) is 7. The number of carbonyl (C=O) groups is 1. The predicted octanol–water partition coefficient (Wildman–Crippen LogP) is 3.06. The zero-order chi connectivity index (χ0) is 25.8. The molecule has 9 heteroatoms. The minimum absolute atomic E-state index is 0.0114. The first kappa shape index (κ1) is 25.9. The van der Waals surface area contributed by atoms with Crippen LogP contribution in [0.2, 0.25) is 0 Å². The van der Waals surface area contributed by atoms with Crippen molar-refractivity contribution < 1.29 is 19.0 Å². The highest BCUT2D eigenvalue weighted by atomic mass is 16.6. The van der Waals surface area contributed by atoms with E-state index in [-0.39, 0.29) is 23.6 Å². The van der Waals surface area contributed by atoms with Gasteiger partial charge in [-0.3, -0.25) is 9.59 Å². The lowest BCUT2D eigenvalue weighted by atomic mass is 10.0. The van der Waals surface area contributed by atoms with Gasteiger partial charge in [0.25, 0.3) is 5.56 Å². The Morgan fingerprint density at radius 3 is 2.78 bits per heavy atom. The van der Waals surface area contributed by atoms with E-state index >= 15 is 0 Å². The summed E-state index contributed by atoms with van der Waals surface area (Å²) in [4.78, 5) is 29.6. The van der Waals surface area contributed by atoms with Gasteiger partial charge in [0.1, 0.15) is 30.3 Å². The fourth-order valence-electron chi connectivity index (χ4n) is 4.56. The van der Waals surface area contributed by atoms with E-state index in [4.69, 9.17) is 19.2 Å². The molecule has 0 unspecified atom stereocenters. The second-order valence-corrected chi connectivity index (χ2v) is 9.60. The number of imidazole rings is 1. The van der Waals surface area contributed by atoms with Crippen LogP contribution in [0, 0.1) is 12.8 Å². The van der Waals surface area contributed by atoms with Crippen LogP contribution in [0.4, 0.5) is 0 Å². The maximum absolute atomic E-state index is 12.6. The number of esters is 1. The number of aryl methyl sites for hydroxylation is 3. The van der Waals surface area contributed by atoms with Gasteiger partial charge < -0.3 is 28.7 Å². The van der Waals surface area contributed by atoms with Crippen molar-refractivity contribution in [2.75, 3.05) is 26.4 Å². The third-order valence-corrected chi connectivity index (χ3v) is 6.48. The molecule has 1 saturated heterocycles. The van der Waals surface area contributed by atoms with E-state index in [0.29, 0.717) is 37.7 Å². The van der Waals surface area contributed by atoms with Gasteiger partial charge in [0.15, 0.2) is 0 Å². The van der Waals surface area contributed by atoms with Crippen molar-refractivity contribution in [2.24, 2.45) is 13.0 Å². The maximum Gasteiger partial charge on any atom is 0.323 e. The molecule has 1 aliphatic heterocycles. The molecule has 4 rings (SSSR count). The lowest BCUT2D eigenvalue weighted by Gasteiger charge is -2.22. The van der Waals surface area contributed by atoms with E-state index in [0.717, 1.165) is 35.4 Å². The van der Waals surface area contributed by atoms with E-state index in [1.165, 1.54) is 0 Å². The van der Waals surface area contributed by atoms with Crippen LogP contribution in [-0.4, -0.2) is 58.6 Å². The molecule has 0 bridgehead atoms. The van der Waals surface area contributed by atoms with Gasteiger partial charge >= 0.3 is 5.97 Å². The van der Waals surface area contributed by atoms with Crippen molar-refractivity contribution in [1.82, 2.24) is 19.4 Å². The molecule has 1 N–H and O–H groups in total. The minimum atomic E-state index is -0.398. The highest BCUT2D eigenvalue weighted by Gasteiger charge is 2.27. The SMILES string of the molecule is CCn1c(-c2cc(C)c(=O)n(C)c2)nc2cc(OCCN[C@H](C(=O)O[C@H]3CCOC3)C(C)C)ccc21. The van der Waals surface area contributed by atoms with Gasteiger partial charge in [-0.1, -0.05) is 13.8 Å². The zero-order valence-corrected chi connectivity index (χ0v) is 21.7. The fourth-order valence-corrected chi connectivity index (χ4v) is 4.56. The van der Waals surface area contributed by atoms with Crippen LogP contribution >= 0.6 is 0 Å². The molecular formula is C27H36N4O5. The number of hydrogen-bond donors (Lipinski definition) is 1. The number of pyridine rings is 1. The summed E-state index contributed by atoms with van der Waals surface area (Å²) in [5.74, 6) is 1.37. The Morgan fingerprint density at radius 2 is 2.11 bits per heavy atom. The van der Waals surface area contributed by atoms with Crippen LogP contribution in [0.25, 0.3) is 22.4 Å². The van der Waals surface area contributed by atoms with Crippen molar-refractivity contribution in [3.8, 4) is 17.1 Å². The van der Waals surface area contributed by atoms with E-state index in [1.54, 1.807) is 11.6 Å². The van der Waals surface area contributed by atoms with Gasteiger partial charge in [0.05, 0.1) is 24.2 Å². The summed E-state index contributed by atoms with van der Waals surface area (Å²) in [6.45, 7) is 10.6. The van der Waals surface area contributed by atoms with E-state index < -0.39 is 6.04 Å². The zero-order valence-electron chi connectivity index (χ0n) is 21.7. The topological polar surface area (TPSA) is 96.6 Å². The van der Waals surface area contributed by atoms with Crippen LogP contribution in [0.5, 0.6) is 5.75 Å². The summed E-state index contributed by atoms with van der Waals surface area (Å²) in [6.07, 6.45) is 2.42. The summed E-state index contributed by atoms with van der Waals surface area (Å²) in [7, 11) is 1.75. The van der Waals surface area contributed by atoms with E-state index in [9.17, 15) is 9.59 Å². The van der Waals surface area contributed by atoms with Crippen LogP contribution in [0.15, 0.2) is 35.3 Å². The molecule has 9 nitrogen and oxygen atoms in total. The molecule has 1 aromatic carbocycles. The Bertz CT molecular complexity index is 1250. The molecule has 0 spiro atoms. The molecule has 194 valence electrons. The predicted molar refractivity (Wildman–Crippen MR) is 138 cm³/mol. The monoisotopic (exact) mass is 496 g/mol. The lowest BCUT2D eigenvalue weighted by Crippen LogP contribution is -2.45. The largest absolute Gasteiger partial charge is 0.492 e. The number of carbonyl (C=O) groups excluding carboxylic acids is 1.